The molecule has 0 bridgehead atoms. The number of hydrogen-bond donors (Lipinski definition) is 1. The van der Waals surface area contributed by atoms with Crippen molar-refractivity contribution in [1.29, 1.82) is 0 Å². The third-order valence-electron chi connectivity index (χ3n) is 4.10. The highest BCUT2D eigenvalue weighted by atomic mass is 79.9. The average Bonchev–Trinajstić information content (AvgIpc) is 2.46. The summed E-state index contributed by atoms with van der Waals surface area (Å²) in [5.74, 6) is 1.69. The number of halogens is 1. The van der Waals surface area contributed by atoms with Gasteiger partial charge in [-0.3, -0.25) is 0 Å². The zero-order valence-corrected chi connectivity index (χ0v) is 15.0. The van der Waals surface area contributed by atoms with Crippen LogP contribution in [0.25, 0.3) is 0 Å². The van der Waals surface area contributed by atoms with Gasteiger partial charge in [0.05, 0.1) is 6.10 Å². The number of ether oxygens (including phenoxy) is 1. The van der Waals surface area contributed by atoms with Crippen LogP contribution in [0.1, 0.15) is 32.8 Å². The first-order valence-corrected chi connectivity index (χ1v) is 8.46. The molecule has 4 nitrogen and oxygen atoms in total. The van der Waals surface area contributed by atoms with E-state index in [0.717, 1.165) is 36.3 Å². The van der Waals surface area contributed by atoms with Crippen molar-refractivity contribution in [1.82, 2.24) is 10.3 Å². The Hall–Kier alpha value is -0.650. The molecule has 0 amide bonds. The quantitative estimate of drug-likeness (QED) is 0.879. The molecule has 1 N–H and O–H groups in total. The van der Waals surface area contributed by atoms with Crippen LogP contribution in [0, 0.1) is 5.92 Å². The van der Waals surface area contributed by atoms with Gasteiger partial charge in [0, 0.05) is 49.0 Å². The molecule has 0 radical (unpaired) electrons. The lowest BCUT2D eigenvalue weighted by Gasteiger charge is -2.37. The van der Waals surface area contributed by atoms with Gasteiger partial charge in [-0.05, 0) is 34.3 Å². The molecule has 1 aromatic heterocycles. The van der Waals surface area contributed by atoms with Gasteiger partial charge >= 0.3 is 0 Å². The molecule has 1 fully saturated rings. The van der Waals surface area contributed by atoms with Crippen LogP contribution < -0.4 is 10.2 Å². The Balaban J connectivity index is 2.18. The molecule has 1 aliphatic rings. The van der Waals surface area contributed by atoms with Crippen molar-refractivity contribution < 1.29 is 4.74 Å². The largest absolute Gasteiger partial charge is 0.379 e. The summed E-state index contributed by atoms with van der Waals surface area (Å²) in [5, 5.41) is 3.48. The standard InChI is InChI=1S/C16H26BrN3O/c1-11(2)18-8-13-7-14(17)9-19-16(13)20-6-5-12(3)15(10-20)21-4/h7,9,11-12,15,18H,5-6,8,10H2,1-4H3. The molecule has 118 valence electrons. The fourth-order valence-corrected chi connectivity index (χ4v) is 3.11. The average molecular weight is 356 g/mol. The molecular weight excluding hydrogens is 330 g/mol. The molecule has 2 atom stereocenters. The van der Waals surface area contributed by atoms with Gasteiger partial charge < -0.3 is 15.0 Å². The topological polar surface area (TPSA) is 37.4 Å². The summed E-state index contributed by atoms with van der Waals surface area (Å²) in [7, 11) is 1.81. The first-order chi connectivity index (χ1) is 10.0. The minimum Gasteiger partial charge on any atom is -0.379 e. The Kier molecular flexibility index (Phi) is 6.02. The number of piperidine rings is 1. The number of nitrogens with one attached hydrogen (secondary N) is 1. The first-order valence-electron chi connectivity index (χ1n) is 7.66. The van der Waals surface area contributed by atoms with E-state index in [2.05, 4.69) is 58.0 Å². The molecule has 1 aromatic rings. The maximum Gasteiger partial charge on any atom is 0.133 e. The highest BCUT2D eigenvalue weighted by Crippen LogP contribution is 2.27. The van der Waals surface area contributed by atoms with Crippen LogP contribution in [0.2, 0.25) is 0 Å². The highest BCUT2D eigenvalue weighted by Gasteiger charge is 2.27. The fraction of sp³-hybridized carbons (Fsp3) is 0.688. The van der Waals surface area contributed by atoms with Gasteiger partial charge in [-0.25, -0.2) is 4.98 Å². The van der Waals surface area contributed by atoms with E-state index in [-0.39, 0.29) is 6.10 Å². The number of rotatable bonds is 5. The van der Waals surface area contributed by atoms with Crippen LogP contribution in [0.3, 0.4) is 0 Å². The van der Waals surface area contributed by atoms with Crippen molar-refractivity contribution in [3.8, 4) is 0 Å². The minimum absolute atomic E-state index is 0.287. The Morgan fingerprint density at radius 2 is 2.29 bits per heavy atom. The van der Waals surface area contributed by atoms with Crippen LogP contribution in [0.4, 0.5) is 5.82 Å². The third-order valence-corrected chi connectivity index (χ3v) is 4.54. The molecule has 1 aliphatic heterocycles. The predicted octanol–water partition coefficient (Wildman–Crippen LogP) is 3.20. The normalized spacial score (nSPS) is 22.9. The van der Waals surface area contributed by atoms with Gasteiger partial charge in [-0.2, -0.15) is 0 Å². The summed E-state index contributed by atoms with van der Waals surface area (Å²) in [5.41, 5.74) is 1.24. The lowest BCUT2D eigenvalue weighted by Crippen LogP contribution is -2.44. The molecule has 0 aliphatic carbocycles. The third kappa shape index (κ3) is 4.41. The zero-order chi connectivity index (χ0) is 15.4. The number of pyridine rings is 1. The minimum atomic E-state index is 0.287. The lowest BCUT2D eigenvalue weighted by molar-refractivity contribution is 0.0496. The molecule has 1 saturated heterocycles. The Morgan fingerprint density at radius 3 is 2.95 bits per heavy atom. The van der Waals surface area contributed by atoms with E-state index in [1.807, 2.05) is 6.20 Å². The Morgan fingerprint density at radius 1 is 1.52 bits per heavy atom. The van der Waals surface area contributed by atoms with Crippen LogP contribution in [0.15, 0.2) is 16.7 Å². The molecule has 2 heterocycles. The molecule has 2 unspecified atom stereocenters. The van der Waals surface area contributed by atoms with Crippen LogP contribution >= 0.6 is 15.9 Å². The van der Waals surface area contributed by atoms with Crippen molar-refractivity contribution >= 4 is 21.7 Å². The van der Waals surface area contributed by atoms with Crippen LogP contribution in [-0.4, -0.2) is 37.3 Å². The predicted molar refractivity (Wildman–Crippen MR) is 90.7 cm³/mol. The van der Waals surface area contributed by atoms with Crippen LogP contribution in [-0.2, 0) is 11.3 Å². The molecule has 2 rings (SSSR count). The fourth-order valence-electron chi connectivity index (χ4n) is 2.74. The van der Waals surface area contributed by atoms with Gasteiger partial charge in [0.2, 0.25) is 0 Å². The summed E-state index contributed by atoms with van der Waals surface area (Å²) in [6.45, 7) is 9.39. The van der Waals surface area contributed by atoms with E-state index in [1.54, 1.807) is 7.11 Å². The van der Waals surface area contributed by atoms with Gasteiger partial charge in [0.15, 0.2) is 0 Å². The Bertz CT molecular complexity index is 467. The number of hydrogen-bond acceptors (Lipinski definition) is 4. The van der Waals surface area contributed by atoms with Gasteiger partial charge in [-0.15, -0.1) is 0 Å². The van der Waals surface area contributed by atoms with E-state index in [1.165, 1.54) is 5.56 Å². The lowest BCUT2D eigenvalue weighted by atomic mass is 9.95. The van der Waals surface area contributed by atoms with Crippen molar-refractivity contribution in [3.63, 3.8) is 0 Å². The second-order valence-electron chi connectivity index (χ2n) is 6.16. The van der Waals surface area contributed by atoms with E-state index >= 15 is 0 Å². The van der Waals surface area contributed by atoms with Gasteiger partial charge in [-0.1, -0.05) is 20.8 Å². The molecule has 0 aromatic carbocycles. The van der Waals surface area contributed by atoms with Gasteiger partial charge in [0.25, 0.3) is 0 Å². The van der Waals surface area contributed by atoms with E-state index in [9.17, 15) is 0 Å². The monoisotopic (exact) mass is 355 g/mol. The highest BCUT2D eigenvalue weighted by molar-refractivity contribution is 9.10. The number of methoxy groups -OCH3 is 1. The van der Waals surface area contributed by atoms with E-state index in [4.69, 9.17) is 4.74 Å². The summed E-state index contributed by atoms with van der Waals surface area (Å²) in [4.78, 5) is 7.02. The summed E-state index contributed by atoms with van der Waals surface area (Å²) < 4.78 is 6.65. The van der Waals surface area contributed by atoms with Crippen molar-refractivity contribution in [2.45, 2.75) is 45.9 Å². The molecule has 0 spiro atoms. The van der Waals surface area contributed by atoms with Crippen molar-refractivity contribution in [3.05, 3.63) is 22.3 Å². The maximum atomic E-state index is 5.62. The maximum absolute atomic E-state index is 5.62. The molecular formula is C16H26BrN3O. The van der Waals surface area contributed by atoms with Crippen molar-refractivity contribution in [2.75, 3.05) is 25.1 Å². The SMILES string of the molecule is COC1CN(c2ncc(Br)cc2CNC(C)C)CCC1C. The summed E-state index contributed by atoms with van der Waals surface area (Å²) in [6.07, 6.45) is 3.32. The van der Waals surface area contributed by atoms with Crippen molar-refractivity contribution in [2.24, 2.45) is 5.92 Å². The second-order valence-corrected chi connectivity index (χ2v) is 7.07. The number of nitrogens with zero attached hydrogens (tertiary/aromatic N) is 2. The molecule has 21 heavy (non-hydrogen) atoms. The number of anilines is 1. The van der Waals surface area contributed by atoms with Crippen LogP contribution in [0.5, 0.6) is 0 Å². The number of aromatic nitrogens is 1. The van der Waals surface area contributed by atoms with Gasteiger partial charge in [0.1, 0.15) is 5.82 Å². The second kappa shape index (κ2) is 7.56. The molecule has 5 heteroatoms. The summed E-state index contributed by atoms with van der Waals surface area (Å²) in [6, 6.07) is 2.63. The Labute approximate surface area is 136 Å². The first kappa shape index (κ1) is 16.7. The van der Waals surface area contributed by atoms with E-state index < -0.39 is 0 Å². The molecule has 0 saturated carbocycles. The van der Waals surface area contributed by atoms with E-state index in [0.29, 0.717) is 12.0 Å². The summed E-state index contributed by atoms with van der Waals surface area (Å²) >= 11 is 3.53. The zero-order valence-electron chi connectivity index (χ0n) is 13.4. The smallest absolute Gasteiger partial charge is 0.133 e.